The third-order valence-corrected chi connectivity index (χ3v) is 5.89. The fourth-order valence-corrected chi connectivity index (χ4v) is 4.08. The number of benzene rings is 2. The van der Waals surface area contributed by atoms with Gasteiger partial charge in [0, 0.05) is 31.3 Å². The van der Waals surface area contributed by atoms with Crippen LogP contribution >= 0.6 is 0 Å². The summed E-state index contributed by atoms with van der Waals surface area (Å²) in [6.07, 6.45) is 0.788. The number of hydrazone groups is 1. The molecule has 2 aromatic carbocycles. The number of ether oxygens (including phenoxy) is 2. The van der Waals surface area contributed by atoms with Gasteiger partial charge >= 0.3 is 0 Å². The molecule has 166 valence electrons. The summed E-state index contributed by atoms with van der Waals surface area (Å²) < 4.78 is 10.7. The monoisotopic (exact) mass is 430 g/mol. The van der Waals surface area contributed by atoms with Crippen molar-refractivity contribution in [1.82, 2.24) is 4.98 Å². The zero-order chi connectivity index (χ0) is 22.5. The van der Waals surface area contributed by atoms with Gasteiger partial charge < -0.3 is 14.4 Å². The summed E-state index contributed by atoms with van der Waals surface area (Å²) in [5.74, 6) is 2.18. The van der Waals surface area contributed by atoms with Crippen LogP contribution in [0.1, 0.15) is 37.4 Å². The Morgan fingerprint density at radius 1 is 0.906 bits per heavy atom. The van der Waals surface area contributed by atoms with Gasteiger partial charge in [0.25, 0.3) is 0 Å². The molecule has 0 bridgehead atoms. The predicted octanol–water partition coefficient (Wildman–Crippen LogP) is 5.30. The molecule has 32 heavy (non-hydrogen) atoms. The van der Waals surface area contributed by atoms with E-state index >= 15 is 0 Å². The van der Waals surface area contributed by atoms with Crippen molar-refractivity contribution in [2.24, 2.45) is 5.10 Å². The van der Waals surface area contributed by atoms with Gasteiger partial charge in [0.05, 0.1) is 26.0 Å². The molecule has 6 nitrogen and oxygen atoms in total. The van der Waals surface area contributed by atoms with Crippen LogP contribution in [-0.4, -0.2) is 38.0 Å². The minimum absolute atomic E-state index is 0.0398. The second-order valence-electron chi connectivity index (χ2n) is 7.64. The van der Waals surface area contributed by atoms with Crippen LogP contribution in [0, 0.1) is 0 Å². The molecule has 6 heteroatoms. The average Bonchev–Trinajstić information content (AvgIpc) is 3.31. The van der Waals surface area contributed by atoms with Gasteiger partial charge in [-0.3, -0.25) is 0 Å². The molecule has 0 N–H and O–H groups in total. The van der Waals surface area contributed by atoms with E-state index in [1.54, 1.807) is 14.2 Å². The largest absolute Gasteiger partial charge is 0.497 e. The molecular weight excluding hydrogens is 400 g/mol. The minimum atomic E-state index is 0.0398. The molecule has 0 radical (unpaired) electrons. The summed E-state index contributed by atoms with van der Waals surface area (Å²) >= 11 is 0. The quantitative estimate of drug-likeness (QED) is 0.485. The van der Waals surface area contributed by atoms with Crippen molar-refractivity contribution in [2.75, 3.05) is 37.2 Å². The fraction of sp³-hybridized carbons (Fsp3) is 0.308. The summed E-state index contributed by atoms with van der Waals surface area (Å²) in [4.78, 5) is 6.98. The summed E-state index contributed by atoms with van der Waals surface area (Å²) in [5.41, 5.74) is 4.57. The molecule has 0 spiro atoms. The number of hydrogen-bond acceptors (Lipinski definition) is 6. The first-order chi connectivity index (χ1) is 15.7. The summed E-state index contributed by atoms with van der Waals surface area (Å²) in [5, 5.41) is 7.00. The number of methoxy groups -OCH3 is 2. The van der Waals surface area contributed by atoms with Crippen LogP contribution in [0.25, 0.3) is 0 Å². The average molecular weight is 431 g/mol. The third kappa shape index (κ3) is 4.40. The number of aromatic nitrogens is 1. The van der Waals surface area contributed by atoms with E-state index in [0.717, 1.165) is 47.9 Å². The van der Waals surface area contributed by atoms with Crippen molar-refractivity contribution < 1.29 is 9.47 Å². The highest BCUT2D eigenvalue weighted by molar-refractivity contribution is 6.03. The first-order valence-electron chi connectivity index (χ1n) is 11.0. The Balaban J connectivity index is 1.68. The molecule has 0 fully saturated rings. The van der Waals surface area contributed by atoms with Crippen LogP contribution in [0.3, 0.4) is 0 Å². The number of rotatable bonds is 8. The molecule has 0 amide bonds. The maximum Gasteiger partial charge on any atom is 0.214 e. The van der Waals surface area contributed by atoms with Crippen molar-refractivity contribution in [3.05, 3.63) is 77.9 Å². The van der Waals surface area contributed by atoms with E-state index in [2.05, 4.69) is 60.1 Å². The van der Waals surface area contributed by atoms with Gasteiger partial charge in [0.2, 0.25) is 5.88 Å². The zero-order valence-corrected chi connectivity index (χ0v) is 19.2. The van der Waals surface area contributed by atoms with E-state index in [-0.39, 0.29) is 6.04 Å². The molecule has 1 atom stereocenters. The van der Waals surface area contributed by atoms with E-state index in [1.807, 2.05) is 35.3 Å². The smallest absolute Gasteiger partial charge is 0.214 e. The Morgan fingerprint density at radius 3 is 2.25 bits per heavy atom. The van der Waals surface area contributed by atoms with Gasteiger partial charge in [-0.2, -0.15) is 10.1 Å². The molecule has 3 aromatic rings. The lowest BCUT2D eigenvalue weighted by Gasteiger charge is -2.23. The topological polar surface area (TPSA) is 50.2 Å². The Hall–Kier alpha value is -3.54. The molecule has 1 aliphatic rings. The lowest BCUT2D eigenvalue weighted by atomic mass is 9.98. The van der Waals surface area contributed by atoms with Crippen molar-refractivity contribution in [3.8, 4) is 11.6 Å². The highest BCUT2D eigenvalue weighted by atomic mass is 16.5. The van der Waals surface area contributed by atoms with Crippen molar-refractivity contribution in [2.45, 2.75) is 26.3 Å². The predicted molar refractivity (Wildman–Crippen MR) is 130 cm³/mol. The second kappa shape index (κ2) is 9.73. The Labute approximate surface area is 190 Å². The Morgan fingerprint density at radius 2 is 1.62 bits per heavy atom. The third-order valence-electron chi connectivity index (χ3n) is 5.89. The zero-order valence-electron chi connectivity index (χ0n) is 19.2. The van der Waals surface area contributed by atoms with Gasteiger partial charge in [-0.15, -0.1) is 0 Å². The van der Waals surface area contributed by atoms with Gasteiger partial charge in [0.15, 0.2) is 5.82 Å². The summed E-state index contributed by atoms with van der Waals surface area (Å²) in [7, 11) is 3.31. The van der Waals surface area contributed by atoms with E-state index in [4.69, 9.17) is 14.6 Å². The van der Waals surface area contributed by atoms with Gasteiger partial charge in [-0.05, 0) is 55.3 Å². The molecule has 1 aromatic heterocycles. The molecule has 0 aliphatic carbocycles. The van der Waals surface area contributed by atoms with Gasteiger partial charge in [0.1, 0.15) is 5.75 Å². The fourth-order valence-electron chi connectivity index (χ4n) is 4.08. The highest BCUT2D eigenvalue weighted by Crippen LogP contribution is 2.37. The van der Waals surface area contributed by atoms with Crippen LogP contribution in [0.15, 0.2) is 71.8 Å². The minimum Gasteiger partial charge on any atom is -0.497 e. The van der Waals surface area contributed by atoms with E-state index < -0.39 is 0 Å². The van der Waals surface area contributed by atoms with Crippen molar-refractivity contribution in [3.63, 3.8) is 0 Å². The lowest BCUT2D eigenvalue weighted by molar-refractivity contribution is 0.397. The Bertz CT molecular complexity index is 1060. The summed E-state index contributed by atoms with van der Waals surface area (Å²) in [6.45, 7) is 6.34. The molecule has 0 saturated carbocycles. The van der Waals surface area contributed by atoms with E-state index in [1.165, 1.54) is 5.69 Å². The number of pyridine rings is 1. The molecular formula is C26H30N4O2. The van der Waals surface area contributed by atoms with Gasteiger partial charge in [-0.25, -0.2) is 5.01 Å². The Kier molecular flexibility index (Phi) is 6.59. The van der Waals surface area contributed by atoms with Crippen LogP contribution < -0.4 is 19.4 Å². The first kappa shape index (κ1) is 21.7. The number of anilines is 2. The lowest BCUT2D eigenvalue weighted by Crippen LogP contribution is -2.21. The maximum absolute atomic E-state index is 5.35. The normalized spacial score (nSPS) is 15.4. The maximum atomic E-state index is 5.35. The SMILES string of the molecule is CCN(CC)c1ccc(C2=NN(c3cccc(OC)n3)C(c3ccc(OC)cc3)C2)cc1. The van der Waals surface area contributed by atoms with Crippen molar-refractivity contribution in [1.29, 1.82) is 0 Å². The van der Waals surface area contributed by atoms with Crippen molar-refractivity contribution >= 4 is 17.2 Å². The standard InChI is InChI=1S/C26H30N4O2/c1-5-29(6-2)21-14-10-19(11-15-21)23-18-24(20-12-16-22(31-3)17-13-20)30(28-23)25-8-7-9-26(27-25)32-4/h7-17,24H,5-6,18H2,1-4H3. The molecule has 2 heterocycles. The van der Waals surface area contributed by atoms with Crippen LogP contribution in [0.2, 0.25) is 0 Å². The number of nitrogens with zero attached hydrogens (tertiary/aromatic N) is 4. The summed E-state index contributed by atoms with van der Waals surface area (Å²) in [6, 6.07) is 22.7. The highest BCUT2D eigenvalue weighted by Gasteiger charge is 2.31. The second-order valence-corrected chi connectivity index (χ2v) is 7.64. The number of hydrogen-bond donors (Lipinski definition) is 0. The van der Waals surface area contributed by atoms with Crippen LogP contribution in [0.5, 0.6) is 11.6 Å². The van der Waals surface area contributed by atoms with E-state index in [9.17, 15) is 0 Å². The molecule has 4 rings (SSSR count). The first-order valence-corrected chi connectivity index (χ1v) is 11.0. The van der Waals surface area contributed by atoms with E-state index in [0.29, 0.717) is 5.88 Å². The van der Waals surface area contributed by atoms with Gasteiger partial charge in [-0.1, -0.05) is 30.3 Å². The molecule has 1 unspecified atom stereocenters. The van der Waals surface area contributed by atoms with Crippen LogP contribution in [-0.2, 0) is 0 Å². The van der Waals surface area contributed by atoms with Crippen LogP contribution in [0.4, 0.5) is 11.5 Å². The molecule has 1 aliphatic heterocycles. The molecule has 0 saturated heterocycles.